The van der Waals surface area contributed by atoms with Gasteiger partial charge >= 0.3 is 5.97 Å². The Morgan fingerprint density at radius 1 is 1.28 bits per heavy atom. The smallest absolute Gasteiger partial charge is 0.337 e. The SMILES string of the molecule is COC(=O)C1=COC(OC(C)(C)C)C[C@@H]1C[C@@H]1NCCc2c1[nH]c1ccccc21. The lowest BCUT2D eigenvalue weighted by molar-refractivity contribution is -0.184. The van der Waals surface area contributed by atoms with Crippen LogP contribution in [0.2, 0.25) is 0 Å². The Balaban J connectivity index is 1.60. The highest BCUT2D eigenvalue weighted by atomic mass is 16.7. The standard InChI is InChI=1S/C23H30N2O4/c1-23(2,3)29-20-12-14(17(13-28-20)22(26)27-4)11-19-21-16(9-10-24-19)15-7-5-6-8-18(15)25-21/h5-8,13-14,19-20,24-25H,9-12H2,1-4H3/t14-,19-,20?/m0/s1. The molecular formula is C23H30N2O4. The summed E-state index contributed by atoms with van der Waals surface area (Å²) >= 11 is 0. The van der Waals surface area contributed by atoms with Gasteiger partial charge in [0.2, 0.25) is 0 Å². The van der Waals surface area contributed by atoms with Gasteiger partial charge in [0, 0.05) is 35.0 Å². The first-order valence-electron chi connectivity index (χ1n) is 10.3. The van der Waals surface area contributed by atoms with Crippen LogP contribution in [-0.2, 0) is 25.4 Å². The van der Waals surface area contributed by atoms with E-state index in [2.05, 4.69) is 34.6 Å². The second-order valence-corrected chi connectivity index (χ2v) is 8.85. The molecule has 6 nitrogen and oxygen atoms in total. The van der Waals surface area contributed by atoms with Gasteiger partial charge in [-0.15, -0.1) is 0 Å². The van der Waals surface area contributed by atoms with Crippen LogP contribution in [-0.4, -0.2) is 36.5 Å². The quantitative estimate of drug-likeness (QED) is 0.762. The van der Waals surface area contributed by atoms with Crippen molar-refractivity contribution in [2.75, 3.05) is 13.7 Å². The number of fused-ring (bicyclic) bond motifs is 3. The van der Waals surface area contributed by atoms with Crippen LogP contribution >= 0.6 is 0 Å². The average Bonchev–Trinajstić information content (AvgIpc) is 3.06. The van der Waals surface area contributed by atoms with Crippen molar-refractivity contribution in [2.24, 2.45) is 5.92 Å². The molecule has 4 rings (SSSR count). The zero-order valence-corrected chi connectivity index (χ0v) is 17.6. The van der Waals surface area contributed by atoms with Gasteiger partial charge in [-0.2, -0.15) is 0 Å². The van der Waals surface area contributed by atoms with Crippen LogP contribution in [0.3, 0.4) is 0 Å². The summed E-state index contributed by atoms with van der Waals surface area (Å²) in [6.45, 7) is 6.93. The number of methoxy groups -OCH3 is 1. The summed E-state index contributed by atoms with van der Waals surface area (Å²) in [5.41, 5.74) is 4.02. The second kappa shape index (κ2) is 7.84. The molecular weight excluding hydrogens is 368 g/mol. The zero-order valence-electron chi connectivity index (χ0n) is 17.6. The molecule has 1 unspecified atom stereocenters. The summed E-state index contributed by atoms with van der Waals surface area (Å²) in [6, 6.07) is 8.56. The lowest BCUT2D eigenvalue weighted by Crippen LogP contribution is -2.37. The van der Waals surface area contributed by atoms with Crippen molar-refractivity contribution in [2.45, 2.75) is 58.0 Å². The predicted octanol–water partition coefficient (Wildman–Crippen LogP) is 3.98. The van der Waals surface area contributed by atoms with Crippen LogP contribution in [0.1, 0.15) is 50.9 Å². The molecule has 0 fully saturated rings. The minimum Gasteiger partial charge on any atom is -0.472 e. The average molecular weight is 399 g/mol. The molecule has 2 aliphatic heterocycles. The number of carbonyl (C=O) groups is 1. The van der Waals surface area contributed by atoms with Gasteiger partial charge in [-0.3, -0.25) is 0 Å². The number of para-hydroxylation sites is 1. The molecule has 156 valence electrons. The summed E-state index contributed by atoms with van der Waals surface area (Å²) in [6.07, 6.45) is 3.55. The zero-order chi connectivity index (χ0) is 20.6. The number of H-pyrrole nitrogens is 1. The van der Waals surface area contributed by atoms with E-state index in [0.717, 1.165) is 24.9 Å². The summed E-state index contributed by atoms with van der Waals surface area (Å²) in [4.78, 5) is 16.0. The van der Waals surface area contributed by atoms with Crippen LogP contribution in [0, 0.1) is 5.92 Å². The highest BCUT2D eigenvalue weighted by Crippen LogP contribution is 2.38. The topological polar surface area (TPSA) is 72.6 Å². The molecule has 2 N–H and O–H groups in total. The van der Waals surface area contributed by atoms with Gasteiger partial charge in [0.05, 0.1) is 24.5 Å². The van der Waals surface area contributed by atoms with Gasteiger partial charge in [-0.25, -0.2) is 4.79 Å². The lowest BCUT2D eigenvalue weighted by atomic mass is 9.85. The van der Waals surface area contributed by atoms with Crippen molar-refractivity contribution >= 4 is 16.9 Å². The maximum Gasteiger partial charge on any atom is 0.337 e. The number of aromatic nitrogens is 1. The molecule has 0 bridgehead atoms. The summed E-state index contributed by atoms with van der Waals surface area (Å²) in [5, 5.41) is 4.92. The Kier molecular flexibility index (Phi) is 5.40. The van der Waals surface area contributed by atoms with Crippen molar-refractivity contribution in [1.29, 1.82) is 0 Å². The minimum atomic E-state index is -0.376. The molecule has 3 atom stereocenters. The van der Waals surface area contributed by atoms with E-state index in [1.54, 1.807) is 0 Å². The number of carbonyl (C=O) groups excluding carboxylic acids is 1. The van der Waals surface area contributed by atoms with Gasteiger partial charge in [0.15, 0.2) is 6.29 Å². The number of hydrogen-bond donors (Lipinski definition) is 2. The number of rotatable bonds is 4. The minimum absolute atomic E-state index is 0.0154. The van der Waals surface area contributed by atoms with E-state index in [-0.39, 0.29) is 29.8 Å². The monoisotopic (exact) mass is 398 g/mol. The van der Waals surface area contributed by atoms with E-state index in [4.69, 9.17) is 14.2 Å². The van der Waals surface area contributed by atoms with E-state index in [9.17, 15) is 4.79 Å². The molecule has 0 radical (unpaired) electrons. The van der Waals surface area contributed by atoms with E-state index in [1.807, 2.05) is 20.8 Å². The Bertz CT molecular complexity index is 925. The Morgan fingerprint density at radius 3 is 2.83 bits per heavy atom. The van der Waals surface area contributed by atoms with Gasteiger partial charge in [0.25, 0.3) is 0 Å². The third-order valence-corrected chi connectivity index (χ3v) is 5.65. The van der Waals surface area contributed by atoms with Crippen LogP contribution in [0.15, 0.2) is 36.1 Å². The number of aromatic amines is 1. The van der Waals surface area contributed by atoms with Crippen molar-refractivity contribution in [3.05, 3.63) is 47.4 Å². The molecule has 1 aromatic heterocycles. The van der Waals surface area contributed by atoms with Crippen molar-refractivity contribution in [3.8, 4) is 0 Å². The Hall–Kier alpha value is -2.31. The first-order chi connectivity index (χ1) is 13.9. The molecule has 0 saturated carbocycles. The molecule has 0 spiro atoms. The lowest BCUT2D eigenvalue weighted by Gasteiger charge is -2.35. The largest absolute Gasteiger partial charge is 0.472 e. The fourth-order valence-corrected chi connectivity index (χ4v) is 4.43. The number of nitrogens with one attached hydrogen (secondary N) is 2. The fraction of sp³-hybridized carbons (Fsp3) is 0.522. The first-order valence-corrected chi connectivity index (χ1v) is 10.3. The predicted molar refractivity (Wildman–Crippen MR) is 111 cm³/mol. The normalized spacial score (nSPS) is 24.6. The van der Waals surface area contributed by atoms with E-state index < -0.39 is 0 Å². The maximum absolute atomic E-state index is 12.4. The highest BCUT2D eigenvalue weighted by Gasteiger charge is 2.36. The fourth-order valence-electron chi connectivity index (χ4n) is 4.43. The number of esters is 1. The number of ether oxygens (including phenoxy) is 3. The third kappa shape index (κ3) is 4.19. The van der Waals surface area contributed by atoms with Crippen LogP contribution < -0.4 is 5.32 Å². The van der Waals surface area contributed by atoms with Crippen molar-refractivity contribution < 1.29 is 19.0 Å². The molecule has 0 saturated heterocycles. The summed E-state index contributed by atoms with van der Waals surface area (Å²) < 4.78 is 16.7. The molecule has 3 heterocycles. The molecule has 29 heavy (non-hydrogen) atoms. The van der Waals surface area contributed by atoms with Gasteiger partial charge in [0.1, 0.15) is 0 Å². The van der Waals surface area contributed by atoms with Gasteiger partial charge < -0.3 is 24.5 Å². The molecule has 2 aromatic rings. The van der Waals surface area contributed by atoms with Gasteiger partial charge in [-0.1, -0.05) is 18.2 Å². The van der Waals surface area contributed by atoms with E-state index >= 15 is 0 Å². The summed E-state index contributed by atoms with van der Waals surface area (Å²) in [7, 11) is 1.41. The first kappa shape index (κ1) is 20.0. The van der Waals surface area contributed by atoms with Crippen LogP contribution in [0.25, 0.3) is 10.9 Å². The third-order valence-electron chi connectivity index (χ3n) is 5.65. The van der Waals surface area contributed by atoms with Crippen molar-refractivity contribution in [3.63, 3.8) is 0 Å². The highest BCUT2D eigenvalue weighted by molar-refractivity contribution is 5.89. The Morgan fingerprint density at radius 2 is 2.07 bits per heavy atom. The van der Waals surface area contributed by atoms with E-state index in [1.165, 1.54) is 30.0 Å². The molecule has 6 heteroatoms. The maximum atomic E-state index is 12.4. The van der Waals surface area contributed by atoms with Gasteiger partial charge in [-0.05, 0) is 51.8 Å². The molecule has 0 amide bonds. The number of benzene rings is 1. The summed E-state index contributed by atoms with van der Waals surface area (Å²) in [5.74, 6) is -0.352. The molecule has 0 aliphatic carbocycles. The molecule has 2 aliphatic rings. The Labute approximate surface area is 171 Å². The van der Waals surface area contributed by atoms with Crippen LogP contribution in [0.4, 0.5) is 0 Å². The van der Waals surface area contributed by atoms with Crippen molar-refractivity contribution in [1.82, 2.24) is 10.3 Å². The van der Waals surface area contributed by atoms with E-state index in [0.29, 0.717) is 12.0 Å². The number of hydrogen-bond acceptors (Lipinski definition) is 5. The molecule has 1 aromatic carbocycles. The van der Waals surface area contributed by atoms with Crippen LogP contribution in [0.5, 0.6) is 0 Å². The second-order valence-electron chi connectivity index (χ2n) is 8.85.